The molecule has 0 heterocycles. The minimum Gasteiger partial charge on any atom is -0.0876 e. The Kier molecular flexibility index (Phi) is 2.57. The van der Waals surface area contributed by atoms with Gasteiger partial charge in [-0.25, -0.2) is 0 Å². The molecule has 0 aromatic carbocycles. The maximum atomic E-state index is 2.59. The quantitative estimate of drug-likeness (QED) is 0.491. The van der Waals surface area contributed by atoms with E-state index in [9.17, 15) is 0 Å². The van der Waals surface area contributed by atoms with Crippen molar-refractivity contribution in [1.29, 1.82) is 0 Å². The first-order valence-electron chi connectivity index (χ1n) is 8.54. The van der Waals surface area contributed by atoms with Crippen LogP contribution in [0.5, 0.6) is 0 Å². The first-order valence-corrected chi connectivity index (χ1v) is 8.54. The lowest BCUT2D eigenvalue weighted by atomic mass is 9.53. The van der Waals surface area contributed by atoms with Gasteiger partial charge in [0.25, 0.3) is 0 Å². The van der Waals surface area contributed by atoms with Crippen LogP contribution in [0.25, 0.3) is 0 Å². The molecule has 1 unspecified atom stereocenters. The average Bonchev–Trinajstić information content (AvgIpc) is 2.79. The summed E-state index contributed by atoms with van der Waals surface area (Å²) in [7, 11) is 0. The molecule has 0 heteroatoms. The van der Waals surface area contributed by atoms with Crippen LogP contribution in [-0.2, 0) is 0 Å². The molecule has 0 aromatic rings. The summed E-state index contributed by atoms with van der Waals surface area (Å²) in [4.78, 5) is 0. The third-order valence-electron chi connectivity index (χ3n) is 7.24. The molecule has 4 aliphatic rings. The largest absolute Gasteiger partial charge is 0.0876 e. The molecule has 0 saturated heterocycles. The lowest BCUT2D eigenvalue weighted by molar-refractivity contribution is 0.158. The van der Waals surface area contributed by atoms with Crippen molar-refractivity contribution in [2.24, 2.45) is 22.7 Å². The third-order valence-corrected chi connectivity index (χ3v) is 7.24. The molecule has 0 aromatic heterocycles. The van der Waals surface area contributed by atoms with E-state index in [0.717, 1.165) is 11.8 Å². The van der Waals surface area contributed by atoms with Crippen LogP contribution in [0.4, 0.5) is 0 Å². The van der Waals surface area contributed by atoms with E-state index in [2.05, 4.69) is 26.0 Å². The highest BCUT2D eigenvalue weighted by molar-refractivity contribution is 5.37. The van der Waals surface area contributed by atoms with Crippen molar-refractivity contribution >= 4 is 0 Å². The SMILES string of the molecule is C[C@@]12CCC[C@H]1C1=C(CC2)[C@@]2(C)C=CCCC2CC1. The number of rotatable bonds is 0. The van der Waals surface area contributed by atoms with E-state index in [0.29, 0.717) is 10.8 Å². The summed E-state index contributed by atoms with van der Waals surface area (Å²) in [6.07, 6.45) is 18.0. The lowest BCUT2D eigenvalue weighted by Crippen LogP contribution is -2.40. The van der Waals surface area contributed by atoms with Gasteiger partial charge >= 0.3 is 0 Å². The summed E-state index contributed by atoms with van der Waals surface area (Å²) < 4.78 is 0. The van der Waals surface area contributed by atoms with Crippen molar-refractivity contribution in [2.75, 3.05) is 0 Å². The number of hydrogen-bond donors (Lipinski definition) is 0. The van der Waals surface area contributed by atoms with E-state index in [1.54, 1.807) is 0 Å². The van der Waals surface area contributed by atoms with Gasteiger partial charge in [-0.15, -0.1) is 0 Å². The van der Waals surface area contributed by atoms with Crippen molar-refractivity contribution in [2.45, 2.75) is 71.6 Å². The zero-order chi connectivity index (χ0) is 13.1. The van der Waals surface area contributed by atoms with Crippen LogP contribution >= 0.6 is 0 Å². The average molecular weight is 256 g/mol. The molecule has 104 valence electrons. The predicted octanol–water partition coefficient (Wildman–Crippen LogP) is 5.65. The molecule has 0 N–H and O–H groups in total. The molecule has 4 atom stereocenters. The van der Waals surface area contributed by atoms with Gasteiger partial charge in [0.1, 0.15) is 0 Å². The number of hydrogen-bond acceptors (Lipinski definition) is 0. The minimum atomic E-state index is 0.440. The Labute approximate surface area is 118 Å². The van der Waals surface area contributed by atoms with E-state index in [4.69, 9.17) is 0 Å². The van der Waals surface area contributed by atoms with Crippen molar-refractivity contribution in [3.05, 3.63) is 23.3 Å². The summed E-state index contributed by atoms with van der Waals surface area (Å²) >= 11 is 0. The van der Waals surface area contributed by atoms with Gasteiger partial charge in [-0.1, -0.05) is 43.6 Å². The van der Waals surface area contributed by atoms with Crippen molar-refractivity contribution < 1.29 is 0 Å². The molecule has 1 saturated carbocycles. The first kappa shape index (κ1) is 12.2. The Hall–Kier alpha value is -0.520. The van der Waals surface area contributed by atoms with Gasteiger partial charge in [0.15, 0.2) is 0 Å². The zero-order valence-corrected chi connectivity index (χ0v) is 12.7. The highest BCUT2D eigenvalue weighted by Crippen LogP contribution is 2.62. The van der Waals surface area contributed by atoms with Crippen LogP contribution in [0.3, 0.4) is 0 Å². The third kappa shape index (κ3) is 1.58. The summed E-state index contributed by atoms with van der Waals surface area (Å²) in [5, 5.41) is 0. The van der Waals surface area contributed by atoms with E-state index in [1.807, 2.05) is 11.1 Å². The van der Waals surface area contributed by atoms with Crippen LogP contribution in [0.1, 0.15) is 71.6 Å². The Morgan fingerprint density at radius 3 is 2.84 bits per heavy atom. The van der Waals surface area contributed by atoms with Crippen LogP contribution in [-0.4, -0.2) is 0 Å². The van der Waals surface area contributed by atoms with Crippen molar-refractivity contribution in [3.63, 3.8) is 0 Å². The van der Waals surface area contributed by atoms with Crippen LogP contribution in [0.2, 0.25) is 0 Å². The summed E-state index contributed by atoms with van der Waals surface area (Å²) in [6, 6.07) is 0. The summed E-state index contributed by atoms with van der Waals surface area (Å²) in [5.74, 6) is 1.89. The maximum Gasteiger partial charge on any atom is 0.00936 e. The Morgan fingerprint density at radius 1 is 1.05 bits per heavy atom. The Balaban J connectivity index is 1.80. The number of allylic oxidation sites excluding steroid dienone is 4. The molecule has 0 aliphatic heterocycles. The van der Waals surface area contributed by atoms with E-state index < -0.39 is 0 Å². The Bertz CT molecular complexity index is 455. The molecule has 0 nitrogen and oxygen atoms in total. The fourth-order valence-electron chi connectivity index (χ4n) is 6.03. The maximum absolute atomic E-state index is 2.59. The molecular weight excluding hydrogens is 228 g/mol. The fraction of sp³-hybridized carbons (Fsp3) is 0.789. The molecule has 19 heavy (non-hydrogen) atoms. The monoisotopic (exact) mass is 256 g/mol. The van der Waals surface area contributed by atoms with E-state index >= 15 is 0 Å². The van der Waals surface area contributed by atoms with Gasteiger partial charge in [0.05, 0.1) is 0 Å². The summed E-state index contributed by atoms with van der Waals surface area (Å²) in [6.45, 7) is 5.14. The van der Waals surface area contributed by atoms with Crippen LogP contribution in [0.15, 0.2) is 23.3 Å². The van der Waals surface area contributed by atoms with Gasteiger partial charge in [-0.05, 0) is 68.6 Å². The summed E-state index contributed by atoms with van der Waals surface area (Å²) in [5.41, 5.74) is 4.93. The molecule has 4 rings (SSSR count). The topological polar surface area (TPSA) is 0 Å². The van der Waals surface area contributed by atoms with Gasteiger partial charge in [-0.2, -0.15) is 0 Å². The van der Waals surface area contributed by atoms with Crippen LogP contribution < -0.4 is 0 Å². The second kappa shape index (κ2) is 3.99. The highest BCUT2D eigenvalue weighted by Gasteiger charge is 2.50. The Morgan fingerprint density at radius 2 is 1.95 bits per heavy atom. The molecule has 0 spiro atoms. The molecular formula is C19H28. The molecule has 0 amide bonds. The zero-order valence-electron chi connectivity index (χ0n) is 12.7. The molecule has 0 radical (unpaired) electrons. The standard InChI is InChI=1S/C19H28/c1-18-11-5-7-16(18)15-9-8-14-6-3-4-12-19(14,2)17(15)10-13-18/h4,12,14,16H,3,5-11,13H2,1-2H3/t14?,16-,18-,19-/m0/s1. The lowest BCUT2D eigenvalue weighted by Gasteiger charge is -2.51. The molecule has 0 bridgehead atoms. The first-order chi connectivity index (χ1) is 9.13. The van der Waals surface area contributed by atoms with Crippen molar-refractivity contribution in [1.82, 2.24) is 0 Å². The fourth-order valence-corrected chi connectivity index (χ4v) is 6.03. The van der Waals surface area contributed by atoms with Crippen LogP contribution in [0, 0.1) is 22.7 Å². The van der Waals surface area contributed by atoms with E-state index in [1.165, 1.54) is 57.8 Å². The normalized spacial score (nSPS) is 48.7. The number of fused-ring (bicyclic) bond motifs is 4. The van der Waals surface area contributed by atoms with Gasteiger partial charge < -0.3 is 0 Å². The van der Waals surface area contributed by atoms with Gasteiger partial charge in [0, 0.05) is 5.41 Å². The second-order valence-electron chi connectivity index (χ2n) is 8.10. The molecule has 4 aliphatic carbocycles. The second-order valence-corrected chi connectivity index (χ2v) is 8.10. The smallest absolute Gasteiger partial charge is 0.00936 e. The highest BCUT2D eigenvalue weighted by atomic mass is 14.5. The molecule has 1 fully saturated rings. The predicted molar refractivity (Wildman–Crippen MR) is 80.9 cm³/mol. The van der Waals surface area contributed by atoms with Crippen molar-refractivity contribution in [3.8, 4) is 0 Å². The van der Waals surface area contributed by atoms with E-state index in [-0.39, 0.29) is 0 Å². The van der Waals surface area contributed by atoms with Gasteiger partial charge in [0.2, 0.25) is 0 Å². The van der Waals surface area contributed by atoms with Gasteiger partial charge in [-0.3, -0.25) is 0 Å². The minimum absolute atomic E-state index is 0.440.